The van der Waals surface area contributed by atoms with Gasteiger partial charge in [0.15, 0.2) is 0 Å². The maximum atomic E-state index is 13.5. The van der Waals surface area contributed by atoms with Crippen molar-refractivity contribution in [3.05, 3.63) is 75.8 Å². The molecular formula is C21H21N5O3. The van der Waals surface area contributed by atoms with E-state index in [0.717, 1.165) is 16.6 Å². The van der Waals surface area contributed by atoms with Crippen LogP contribution in [0.4, 0.5) is 0 Å². The highest BCUT2D eigenvalue weighted by atomic mass is 16.4. The summed E-state index contributed by atoms with van der Waals surface area (Å²) in [6, 6.07) is 13.0. The van der Waals surface area contributed by atoms with E-state index in [1.165, 1.54) is 0 Å². The van der Waals surface area contributed by atoms with E-state index in [4.69, 9.17) is 5.11 Å². The lowest BCUT2D eigenvalue weighted by Crippen LogP contribution is -2.36. The minimum absolute atomic E-state index is 0.0451. The largest absolute Gasteiger partial charge is 0.481 e. The molecule has 0 radical (unpaired) electrons. The van der Waals surface area contributed by atoms with Gasteiger partial charge in [-0.1, -0.05) is 35.9 Å². The smallest absolute Gasteiger partial charge is 0.307 e. The van der Waals surface area contributed by atoms with Crippen LogP contribution >= 0.6 is 0 Å². The second kappa shape index (κ2) is 7.14. The molecule has 0 spiro atoms. The molecule has 2 heterocycles. The molecule has 8 nitrogen and oxygen atoms in total. The van der Waals surface area contributed by atoms with Crippen LogP contribution in [0.25, 0.3) is 16.7 Å². The lowest BCUT2D eigenvalue weighted by atomic mass is 10.1. The Bertz CT molecular complexity index is 1270. The number of aromatic nitrogens is 4. The first kappa shape index (κ1) is 18.8. The molecule has 4 rings (SSSR count). The summed E-state index contributed by atoms with van der Waals surface area (Å²) in [4.78, 5) is 26.4. The lowest BCUT2D eigenvalue weighted by Gasteiger charge is -2.27. The van der Waals surface area contributed by atoms with Crippen molar-refractivity contribution < 1.29 is 9.90 Å². The first-order chi connectivity index (χ1) is 13.9. The van der Waals surface area contributed by atoms with Crippen LogP contribution in [-0.2, 0) is 11.2 Å². The number of carbonyl (C=O) groups is 1. The van der Waals surface area contributed by atoms with Crippen molar-refractivity contribution in [2.45, 2.75) is 19.5 Å². The highest BCUT2D eigenvalue weighted by molar-refractivity contribution is 5.81. The van der Waals surface area contributed by atoms with Gasteiger partial charge in [0, 0.05) is 0 Å². The Kier molecular flexibility index (Phi) is 4.63. The summed E-state index contributed by atoms with van der Waals surface area (Å²) in [6.45, 7) is 1.95. The van der Waals surface area contributed by atoms with Crippen molar-refractivity contribution in [1.82, 2.24) is 24.1 Å². The van der Waals surface area contributed by atoms with E-state index in [9.17, 15) is 9.59 Å². The van der Waals surface area contributed by atoms with Gasteiger partial charge >= 0.3 is 5.97 Å². The first-order valence-electron chi connectivity index (χ1n) is 9.18. The molecule has 2 aromatic heterocycles. The van der Waals surface area contributed by atoms with Gasteiger partial charge in [0.05, 0.1) is 17.3 Å². The Balaban J connectivity index is 1.96. The monoisotopic (exact) mass is 391 g/mol. The van der Waals surface area contributed by atoms with E-state index >= 15 is 0 Å². The van der Waals surface area contributed by atoms with Gasteiger partial charge in [0.1, 0.15) is 12.5 Å². The normalized spacial score (nSPS) is 12.7. The summed E-state index contributed by atoms with van der Waals surface area (Å²) in [5.74, 6) is -0.437. The van der Waals surface area contributed by atoms with Crippen molar-refractivity contribution in [1.29, 1.82) is 0 Å². The third-order valence-electron chi connectivity index (χ3n) is 4.97. The van der Waals surface area contributed by atoms with Crippen LogP contribution in [0, 0.1) is 6.92 Å². The van der Waals surface area contributed by atoms with E-state index in [-0.39, 0.29) is 12.0 Å². The Labute approximate surface area is 166 Å². The molecule has 0 aliphatic carbocycles. The number of hydrogen-bond acceptors (Lipinski definition) is 5. The summed E-state index contributed by atoms with van der Waals surface area (Å²) in [5.41, 5.74) is 3.15. The zero-order chi connectivity index (χ0) is 20.7. The number of benzene rings is 2. The van der Waals surface area contributed by atoms with E-state index in [0.29, 0.717) is 16.7 Å². The SMILES string of the molecule is Cc1ccc2c(c1)c(=O)n(C(c1ccc(CC(=O)O)cc1)N(C)C)c1nncn21. The molecule has 1 unspecified atom stereocenters. The maximum Gasteiger partial charge on any atom is 0.307 e. The van der Waals surface area contributed by atoms with Crippen LogP contribution in [0.2, 0.25) is 0 Å². The van der Waals surface area contributed by atoms with Gasteiger partial charge in [0.2, 0.25) is 5.78 Å². The van der Waals surface area contributed by atoms with Gasteiger partial charge in [-0.25, -0.2) is 0 Å². The Morgan fingerprint density at radius 2 is 1.90 bits per heavy atom. The van der Waals surface area contributed by atoms with Gasteiger partial charge in [0.25, 0.3) is 5.56 Å². The minimum atomic E-state index is -0.881. The van der Waals surface area contributed by atoms with Crippen LogP contribution < -0.4 is 5.56 Å². The predicted octanol–water partition coefficient (Wildman–Crippen LogP) is 2.09. The Morgan fingerprint density at radius 1 is 1.17 bits per heavy atom. The molecular weight excluding hydrogens is 370 g/mol. The number of fused-ring (bicyclic) bond motifs is 3. The maximum absolute atomic E-state index is 13.5. The summed E-state index contributed by atoms with van der Waals surface area (Å²) >= 11 is 0. The molecule has 0 aliphatic heterocycles. The van der Waals surface area contributed by atoms with Crippen LogP contribution in [0.5, 0.6) is 0 Å². The predicted molar refractivity (Wildman–Crippen MR) is 109 cm³/mol. The van der Waals surface area contributed by atoms with Gasteiger partial charge in [-0.05, 0) is 44.3 Å². The van der Waals surface area contributed by atoms with E-state index in [2.05, 4.69) is 10.2 Å². The fourth-order valence-electron chi connectivity index (χ4n) is 3.70. The first-order valence-corrected chi connectivity index (χ1v) is 9.18. The summed E-state index contributed by atoms with van der Waals surface area (Å²) in [6.07, 6.45) is 1.13. The average Bonchev–Trinajstić information content (AvgIpc) is 3.15. The van der Waals surface area contributed by atoms with Crippen molar-refractivity contribution in [3.8, 4) is 0 Å². The highest BCUT2D eigenvalue weighted by Gasteiger charge is 2.23. The van der Waals surface area contributed by atoms with Gasteiger partial charge in [-0.3, -0.25) is 23.5 Å². The van der Waals surface area contributed by atoms with Crippen LogP contribution in [0.1, 0.15) is 22.9 Å². The number of hydrogen-bond donors (Lipinski definition) is 1. The molecule has 1 atom stereocenters. The fraction of sp³-hybridized carbons (Fsp3) is 0.238. The zero-order valence-corrected chi connectivity index (χ0v) is 16.4. The molecule has 8 heteroatoms. The summed E-state index contributed by atoms with van der Waals surface area (Å²) in [7, 11) is 3.77. The Morgan fingerprint density at radius 3 is 2.55 bits per heavy atom. The van der Waals surface area contributed by atoms with E-state index in [1.807, 2.05) is 60.7 Å². The van der Waals surface area contributed by atoms with Crippen molar-refractivity contribution >= 4 is 22.6 Å². The fourth-order valence-corrected chi connectivity index (χ4v) is 3.70. The average molecular weight is 391 g/mol. The zero-order valence-electron chi connectivity index (χ0n) is 16.4. The molecule has 2 aromatic carbocycles. The number of carboxylic acids is 1. The molecule has 148 valence electrons. The molecule has 0 aliphatic rings. The second-order valence-corrected chi connectivity index (χ2v) is 7.35. The molecule has 0 amide bonds. The molecule has 29 heavy (non-hydrogen) atoms. The summed E-state index contributed by atoms with van der Waals surface area (Å²) < 4.78 is 3.44. The van der Waals surface area contributed by atoms with Crippen molar-refractivity contribution in [2.24, 2.45) is 0 Å². The number of nitrogens with zero attached hydrogens (tertiary/aromatic N) is 5. The molecule has 0 saturated heterocycles. The third kappa shape index (κ3) is 3.27. The minimum Gasteiger partial charge on any atom is -0.481 e. The summed E-state index contributed by atoms with van der Waals surface area (Å²) in [5, 5.41) is 17.8. The number of aryl methyl sites for hydroxylation is 1. The van der Waals surface area contributed by atoms with E-state index < -0.39 is 12.1 Å². The quantitative estimate of drug-likeness (QED) is 0.560. The third-order valence-corrected chi connectivity index (χ3v) is 4.97. The van der Waals surface area contributed by atoms with Gasteiger partial charge in [-0.15, -0.1) is 10.2 Å². The molecule has 1 N–H and O–H groups in total. The standard InChI is InChI=1S/C21H21N5O3/c1-13-4-9-17-16(10-13)20(29)26(21-23-22-12-25(17)21)19(24(2)3)15-7-5-14(6-8-15)11-18(27)28/h4-10,12,19H,11H2,1-3H3,(H,27,28). The number of rotatable bonds is 5. The Hall–Kier alpha value is -3.52. The van der Waals surface area contributed by atoms with Crippen molar-refractivity contribution in [2.75, 3.05) is 14.1 Å². The van der Waals surface area contributed by atoms with Crippen LogP contribution in [-0.4, -0.2) is 49.2 Å². The topological polar surface area (TPSA) is 92.7 Å². The highest BCUT2D eigenvalue weighted by Crippen LogP contribution is 2.24. The van der Waals surface area contributed by atoms with Crippen molar-refractivity contribution in [3.63, 3.8) is 0 Å². The molecule has 0 saturated carbocycles. The van der Waals surface area contributed by atoms with Gasteiger partial charge in [-0.2, -0.15) is 0 Å². The number of aliphatic carboxylic acids is 1. The van der Waals surface area contributed by atoms with Gasteiger partial charge < -0.3 is 5.11 Å². The molecule has 0 fully saturated rings. The van der Waals surface area contributed by atoms with Crippen LogP contribution in [0.15, 0.2) is 53.6 Å². The second-order valence-electron chi connectivity index (χ2n) is 7.35. The molecule has 4 aromatic rings. The van der Waals surface area contributed by atoms with Crippen LogP contribution in [0.3, 0.4) is 0 Å². The lowest BCUT2D eigenvalue weighted by molar-refractivity contribution is -0.136. The number of carboxylic acid groups (broad SMARTS) is 1. The molecule has 0 bridgehead atoms. The van der Waals surface area contributed by atoms with E-state index in [1.54, 1.807) is 23.0 Å².